The number of ether oxygens (including phenoxy) is 1. The highest BCUT2D eigenvalue weighted by Crippen LogP contribution is 2.58. The molecule has 0 radical (unpaired) electrons. The standard InChI is InChI=1S/C38H50N2O5/c1-35(2,3)45-34(44)39-25-14-10-23-12-16-29-27(28(23)21-25)9-7-18-37(29,5)32(42)40-33(43)38(6)20-8-19-36(4)30-22-26(41)15-11-24(30)13-17-31(36)38/h10-11,14-15,21-22,27,29,31,41H,7-9,12-13,16-20H2,1-6H3,(H,39,44)(H,40,42,43)/t27-,29-,31-,36-,37+,38+/m1/s1. The lowest BCUT2D eigenvalue weighted by atomic mass is 9.49. The number of rotatable bonds is 3. The van der Waals surface area contributed by atoms with E-state index < -0.39 is 22.5 Å². The van der Waals surface area contributed by atoms with Crippen molar-refractivity contribution < 1.29 is 24.2 Å². The van der Waals surface area contributed by atoms with Gasteiger partial charge in [0.15, 0.2) is 0 Å². The van der Waals surface area contributed by atoms with E-state index in [1.54, 1.807) is 6.07 Å². The van der Waals surface area contributed by atoms with E-state index in [4.69, 9.17) is 4.74 Å². The van der Waals surface area contributed by atoms with Gasteiger partial charge in [0, 0.05) is 5.69 Å². The SMILES string of the molecule is CC(C)(C)OC(=O)Nc1ccc2c(c1)[C@H]1CCC[C@](C)(C(=O)NC(=O)[C@@]3(C)CCC[C@]4(C)c5cc(O)ccc5CC[C@@H]34)[C@@H]1CC2. The third kappa shape index (κ3) is 5.54. The van der Waals surface area contributed by atoms with Crippen LogP contribution in [0.3, 0.4) is 0 Å². The number of hydrogen-bond donors (Lipinski definition) is 3. The summed E-state index contributed by atoms with van der Waals surface area (Å²) in [6.45, 7) is 11.9. The lowest BCUT2D eigenvalue weighted by molar-refractivity contribution is -0.149. The van der Waals surface area contributed by atoms with Crippen LogP contribution < -0.4 is 10.6 Å². The van der Waals surface area contributed by atoms with Gasteiger partial charge >= 0.3 is 6.09 Å². The molecule has 3 N–H and O–H groups in total. The Balaban J connectivity index is 1.21. The number of imide groups is 1. The van der Waals surface area contributed by atoms with Crippen LogP contribution in [0, 0.1) is 22.7 Å². The van der Waals surface area contributed by atoms with Crippen LogP contribution in [-0.4, -0.2) is 28.6 Å². The number of amides is 3. The Bertz CT molecular complexity index is 1530. The number of phenolic OH excluding ortho intramolecular Hbond substituents is 1. The van der Waals surface area contributed by atoms with Gasteiger partial charge in [-0.15, -0.1) is 0 Å². The van der Waals surface area contributed by atoms with Gasteiger partial charge in [-0.3, -0.25) is 20.2 Å². The lowest BCUT2D eigenvalue weighted by Crippen LogP contribution is -2.58. The molecule has 7 nitrogen and oxygen atoms in total. The topological polar surface area (TPSA) is 105 Å². The van der Waals surface area contributed by atoms with Crippen LogP contribution in [0.25, 0.3) is 0 Å². The third-order valence-corrected chi connectivity index (χ3v) is 12.0. The maximum atomic E-state index is 14.3. The predicted octanol–water partition coefficient (Wildman–Crippen LogP) is 7.93. The monoisotopic (exact) mass is 614 g/mol. The molecule has 0 unspecified atom stereocenters. The molecule has 7 heteroatoms. The Labute approximate surface area is 267 Å². The molecular weight excluding hydrogens is 564 g/mol. The van der Waals surface area contributed by atoms with Gasteiger partial charge in [0.2, 0.25) is 11.8 Å². The van der Waals surface area contributed by atoms with E-state index >= 15 is 0 Å². The summed E-state index contributed by atoms with van der Waals surface area (Å²) in [6, 6.07) is 11.8. The first-order valence-corrected chi connectivity index (χ1v) is 17.0. The number of fused-ring (bicyclic) bond motifs is 6. The highest BCUT2D eigenvalue weighted by atomic mass is 16.6. The van der Waals surface area contributed by atoms with Crippen molar-refractivity contribution in [2.24, 2.45) is 22.7 Å². The van der Waals surface area contributed by atoms with Crippen molar-refractivity contribution >= 4 is 23.6 Å². The van der Waals surface area contributed by atoms with Crippen LogP contribution in [-0.2, 0) is 32.6 Å². The molecule has 0 saturated heterocycles. The quantitative estimate of drug-likeness (QED) is 0.305. The van der Waals surface area contributed by atoms with Gasteiger partial charge in [0.1, 0.15) is 11.4 Å². The van der Waals surface area contributed by atoms with Crippen molar-refractivity contribution in [3.63, 3.8) is 0 Å². The summed E-state index contributed by atoms with van der Waals surface area (Å²) in [5.41, 5.74) is 3.44. The molecule has 6 rings (SSSR count). The second-order valence-corrected chi connectivity index (χ2v) is 16.0. The van der Waals surface area contributed by atoms with E-state index in [0.29, 0.717) is 5.69 Å². The Morgan fingerprint density at radius 2 is 1.53 bits per heavy atom. The zero-order valence-electron chi connectivity index (χ0n) is 27.8. The molecule has 0 heterocycles. The number of carbonyl (C=O) groups is 3. The minimum absolute atomic E-state index is 0.0882. The summed E-state index contributed by atoms with van der Waals surface area (Å²) in [7, 11) is 0. The average Bonchev–Trinajstić information content (AvgIpc) is 2.96. The first-order valence-electron chi connectivity index (χ1n) is 17.0. The fraction of sp³-hybridized carbons (Fsp3) is 0.605. The van der Waals surface area contributed by atoms with Crippen molar-refractivity contribution in [3.05, 3.63) is 58.7 Å². The molecule has 0 bridgehead atoms. The zero-order chi connectivity index (χ0) is 32.4. The summed E-state index contributed by atoms with van der Waals surface area (Å²) >= 11 is 0. The Kier molecular flexibility index (Phi) is 7.85. The maximum absolute atomic E-state index is 14.3. The minimum Gasteiger partial charge on any atom is -0.508 e. The lowest BCUT2D eigenvalue weighted by Gasteiger charge is -2.54. The maximum Gasteiger partial charge on any atom is 0.412 e. The van der Waals surface area contributed by atoms with E-state index in [-0.39, 0.29) is 40.7 Å². The molecule has 0 aromatic heterocycles. The van der Waals surface area contributed by atoms with Gasteiger partial charge in [0.05, 0.1) is 10.8 Å². The summed E-state index contributed by atoms with van der Waals surface area (Å²) in [5.74, 6) is 0.364. The second-order valence-electron chi connectivity index (χ2n) is 16.0. The molecule has 2 aromatic rings. The van der Waals surface area contributed by atoms with Crippen LogP contribution in [0.4, 0.5) is 10.5 Å². The zero-order valence-corrected chi connectivity index (χ0v) is 27.8. The smallest absolute Gasteiger partial charge is 0.412 e. The predicted molar refractivity (Wildman–Crippen MR) is 175 cm³/mol. The Hall–Kier alpha value is -3.35. The van der Waals surface area contributed by atoms with Crippen LogP contribution in [0.15, 0.2) is 36.4 Å². The number of aryl methyl sites for hydroxylation is 2. The molecular formula is C38H50N2O5. The summed E-state index contributed by atoms with van der Waals surface area (Å²) < 4.78 is 5.47. The Morgan fingerprint density at radius 3 is 2.29 bits per heavy atom. The molecule has 2 saturated carbocycles. The first kappa shape index (κ1) is 31.6. The van der Waals surface area contributed by atoms with E-state index in [1.165, 1.54) is 16.7 Å². The minimum atomic E-state index is -0.669. The molecule has 4 aliphatic carbocycles. The number of anilines is 1. The number of benzene rings is 2. The largest absolute Gasteiger partial charge is 0.508 e. The molecule has 6 atom stereocenters. The Morgan fingerprint density at radius 1 is 0.844 bits per heavy atom. The average molecular weight is 615 g/mol. The first-order chi connectivity index (χ1) is 21.1. The molecule has 0 spiro atoms. The molecule has 2 fully saturated rings. The van der Waals surface area contributed by atoms with Crippen molar-refractivity contribution in [1.82, 2.24) is 5.32 Å². The fourth-order valence-electron chi connectivity index (χ4n) is 9.78. The van der Waals surface area contributed by atoms with Gasteiger partial charge in [-0.2, -0.15) is 0 Å². The van der Waals surface area contributed by atoms with Crippen molar-refractivity contribution in [2.75, 3.05) is 5.32 Å². The summed E-state index contributed by atoms with van der Waals surface area (Å²) in [6.07, 6.45) is 8.31. The van der Waals surface area contributed by atoms with Crippen molar-refractivity contribution in [3.8, 4) is 5.75 Å². The number of hydrogen-bond acceptors (Lipinski definition) is 5. The van der Waals surface area contributed by atoms with Gasteiger partial charge in [0.25, 0.3) is 0 Å². The van der Waals surface area contributed by atoms with Gasteiger partial charge in [-0.05, 0) is 142 Å². The molecule has 45 heavy (non-hydrogen) atoms. The van der Waals surface area contributed by atoms with Gasteiger partial charge in [-0.25, -0.2) is 4.79 Å². The van der Waals surface area contributed by atoms with E-state index in [0.717, 1.165) is 69.8 Å². The molecule has 4 aliphatic rings. The van der Waals surface area contributed by atoms with Crippen molar-refractivity contribution in [1.29, 1.82) is 0 Å². The van der Waals surface area contributed by atoms with Crippen molar-refractivity contribution in [2.45, 2.75) is 123 Å². The van der Waals surface area contributed by atoms with E-state index in [9.17, 15) is 19.5 Å². The number of phenols is 1. The van der Waals surface area contributed by atoms with Crippen LogP contribution in [0.1, 0.15) is 121 Å². The second kappa shape index (κ2) is 11.2. The fourth-order valence-corrected chi connectivity index (χ4v) is 9.78. The third-order valence-electron chi connectivity index (χ3n) is 12.0. The molecule has 2 aromatic carbocycles. The van der Waals surface area contributed by atoms with Gasteiger partial charge < -0.3 is 9.84 Å². The van der Waals surface area contributed by atoms with E-state index in [1.807, 2.05) is 39.0 Å². The van der Waals surface area contributed by atoms with Crippen LogP contribution in [0.2, 0.25) is 0 Å². The number of nitrogens with one attached hydrogen (secondary N) is 2. The highest BCUT2D eigenvalue weighted by molar-refractivity contribution is 6.00. The summed E-state index contributed by atoms with van der Waals surface area (Å²) in [4.78, 5) is 41.0. The van der Waals surface area contributed by atoms with Crippen LogP contribution >= 0.6 is 0 Å². The molecule has 3 amide bonds. The normalized spacial score (nSPS) is 32.2. The van der Waals surface area contributed by atoms with Gasteiger partial charge in [-0.1, -0.05) is 45.7 Å². The molecule has 0 aliphatic heterocycles. The number of carbonyl (C=O) groups excluding carboxylic acids is 3. The molecule has 242 valence electrons. The van der Waals surface area contributed by atoms with E-state index in [2.05, 4.69) is 43.5 Å². The van der Waals surface area contributed by atoms with Crippen LogP contribution in [0.5, 0.6) is 5.75 Å². The highest BCUT2D eigenvalue weighted by Gasteiger charge is 2.56. The number of aromatic hydroxyl groups is 1. The summed E-state index contributed by atoms with van der Waals surface area (Å²) in [5, 5.41) is 16.2.